The van der Waals surface area contributed by atoms with Gasteiger partial charge in [-0.3, -0.25) is 0 Å². The maximum Gasteiger partial charge on any atom is 0.511 e. The van der Waals surface area contributed by atoms with E-state index in [0.717, 1.165) is 3.97 Å². The molecule has 0 aliphatic heterocycles. The van der Waals surface area contributed by atoms with Crippen molar-refractivity contribution >= 4 is 10.3 Å². The molecule has 0 radical (unpaired) electrons. The molecule has 0 bridgehead atoms. The molecule has 1 heterocycles. The summed E-state index contributed by atoms with van der Waals surface area (Å²) in [6.45, 7) is 0. The fraction of sp³-hybridized carbons (Fsp3) is 0.0833. The highest BCUT2D eigenvalue weighted by Gasteiger charge is 2.25. The predicted octanol–water partition coefficient (Wildman–Crippen LogP) is 1.30. The third-order valence-electron chi connectivity index (χ3n) is 2.46. The van der Waals surface area contributed by atoms with Crippen LogP contribution in [0.4, 0.5) is 0 Å². The van der Waals surface area contributed by atoms with Crippen molar-refractivity contribution in [1.82, 2.24) is 0 Å². The highest BCUT2D eigenvalue weighted by Crippen LogP contribution is 2.26. The Bertz CT molecular complexity index is 667. The maximum atomic E-state index is 11.3. The Labute approximate surface area is 105 Å². The van der Waals surface area contributed by atoms with Crippen LogP contribution in [0.1, 0.15) is 0 Å². The van der Waals surface area contributed by atoms with Gasteiger partial charge in [0.05, 0.1) is 12.7 Å². The molecule has 18 heavy (non-hydrogen) atoms. The molecule has 0 saturated heterocycles. The van der Waals surface area contributed by atoms with Gasteiger partial charge < -0.3 is 4.74 Å². The van der Waals surface area contributed by atoms with E-state index in [1.807, 2.05) is 0 Å². The van der Waals surface area contributed by atoms with Gasteiger partial charge in [0.25, 0.3) is 0 Å². The Kier molecular flexibility index (Phi) is 3.31. The average Bonchev–Trinajstić information content (AvgIpc) is 2.37. The molecule has 0 spiro atoms. The largest absolute Gasteiger partial charge is 0.511 e. The summed E-state index contributed by atoms with van der Waals surface area (Å²) in [5.74, 6) is 0.529. The van der Waals surface area contributed by atoms with Gasteiger partial charge in [-0.1, -0.05) is 16.1 Å². The van der Waals surface area contributed by atoms with E-state index in [-0.39, 0.29) is 0 Å². The molecule has 0 atom stereocenters. The van der Waals surface area contributed by atoms with Crippen LogP contribution >= 0.6 is 0 Å². The van der Waals surface area contributed by atoms with E-state index in [4.69, 9.17) is 4.74 Å². The Morgan fingerprint density at radius 3 is 2.44 bits per heavy atom. The van der Waals surface area contributed by atoms with Crippen molar-refractivity contribution in [3.63, 3.8) is 0 Å². The average molecular weight is 266 g/mol. The lowest BCUT2D eigenvalue weighted by Crippen LogP contribution is -2.43. The van der Waals surface area contributed by atoms with Crippen LogP contribution in [0.25, 0.3) is 11.3 Å². The maximum absolute atomic E-state index is 11.3. The van der Waals surface area contributed by atoms with Gasteiger partial charge in [0.1, 0.15) is 5.75 Å². The van der Waals surface area contributed by atoms with Gasteiger partial charge in [-0.25, -0.2) is 4.55 Å². The fourth-order valence-electron chi connectivity index (χ4n) is 1.69. The molecule has 1 aromatic heterocycles. The summed E-state index contributed by atoms with van der Waals surface area (Å²) in [5.41, 5.74) is 0.913. The van der Waals surface area contributed by atoms with E-state index in [1.54, 1.807) is 36.4 Å². The third-order valence-corrected chi connectivity index (χ3v) is 3.27. The van der Waals surface area contributed by atoms with Crippen LogP contribution < -0.4 is 8.71 Å². The minimum absolute atomic E-state index is 0.331. The van der Waals surface area contributed by atoms with Gasteiger partial charge in [0, 0.05) is 12.1 Å². The van der Waals surface area contributed by atoms with Gasteiger partial charge in [0.2, 0.25) is 5.69 Å². The number of nitrogens with zero attached hydrogens (tertiary/aromatic N) is 1. The highest BCUT2D eigenvalue weighted by molar-refractivity contribution is 7.79. The van der Waals surface area contributed by atoms with E-state index in [1.165, 1.54) is 19.4 Å². The molecule has 0 amide bonds. The summed E-state index contributed by atoms with van der Waals surface area (Å²) in [6, 6.07) is 11.8. The van der Waals surface area contributed by atoms with E-state index in [0.29, 0.717) is 17.0 Å². The van der Waals surface area contributed by atoms with Gasteiger partial charge in [-0.05, 0) is 18.2 Å². The number of aromatic nitrogens is 1. The molecule has 1 N–H and O–H groups in total. The zero-order chi connectivity index (χ0) is 13.2. The normalized spacial score (nSPS) is 11.2. The summed E-state index contributed by atoms with van der Waals surface area (Å²) < 4.78 is 37.8. The van der Waals surface area contributed by atoms with Crippen LogP contribution in [0.5, 0.6) is 5.75 Å². The standard InChI is InChI=1S/C12H11NO4S/c1-17-12-8-3-2-6-10(12)11-7-4-5-9-13(11)18(14,15)16/h2-9H,1H3/p+1. The van der Waals surface area contributed by atoms with Crippen molar-refractivity contribution in [3.05, 3.63) is 48.7 Å². The number of hydrogen-bond donors (Lipinski definition) is 1. The Morgan fingerprint density at radius 2 is 1.78 bits per heavy atom. The predicted molar refractivity (Wildman–Crippen MR) is 65.6 cm³/mol. The molecule has 6 heteroatoms. The minimum Gasteiger partial charge on any atom is -0.496 e. The first-order chi connectivity index (χ1) is 8.54. The number of hydrogen-bond acceptors (Lipinski definition) is 3. The molecular formula is C12H12NO4S+. The van der Waals surface area contributed by atoms with Crippen LogP contribution in [0, 0.1) is 0 Å². The summed E-state index contributed by atoms with van der Waals surface area (Å²) in [4.78, 5) is 0. The van der Waals surface area contributed by atoms with Crippen molar-refractivity contribution in [2.75, 3.05) is 7.11 Å². The molecule has 2 aromatic rings. The Morgan fingerprint density at radius 1 is 1.11 bits per heavy atom. The van der Waals surface area contributed by atoms with Crippen LogP contribution in [0.2, 0.25) is 0 Å². The monoisotopic (exact) mass is 266 g/mol. The lowest BCUT2D eigenvalue weighted by atomic mass is 10.1. The zero-order valence-corrected chi connectivity index (χ0v) is 10.5. The molecule has 0 fully saturated rings. The Balaban J connectivity index is 2.72. The molecule has 1 aromatic carbocycles. The van der Waals surface area contributed by atoms with Crippen molar-refractivity contribution in [1.29, 1.82) is 0 Å². The summed E-state index contributed by atoms with van der Waals surface area (Å²) in [6.07, 6.45) is 1.27. The number of benzene rings is 1. The molecular weight excluding hydrogens is 254 g/mol. The second kappa shape index (κ2) is 4.75. The minimum atomic E-state index is -4.35. The lowest BCUT2D eigenvalue weighted by Gasteiger charge is -2.06. The molecule has 5 nitrogen and oxygen atoms in total. The van der Waals surface area contributed by atoms with E-state index in [9.17, 15) is 13.0 Å². The van der Waals surface area contributed by atoms with Crippen molar-refractivity contribution in [2.45, 2.75) is 0 Å². The molecule has 0 aliphatic carbocycles. The summed E-state index contributed by atoms with van der Waals surface area (Å²) >= 11 is 0. The summed E-state index contributed by atoms with van der Waals surface area (Å²) in [7, 11) is -2.85. The van der Waals surface area contributed by atoms with Crippen molar-refractivity contribution < 1.29 is 21.7 Å². The van der Waals surface area contributed by atoms with Gasteiger partial charge in [-0.2, -0.15) is 0 Å². The number of methoxy groups -OCH3 is 1. The number of rotatable bonds is 3. The van der Waals surface area contributed by atoms with Gasteiger partial charge in [-0.15, -0.1) is 8.42 Å². The number of pyridine rings is 1. The van der Waals surface area contributed by atoms with Gasteiger partial charge >= 0.3 is 10.3 Å². The van der Waals surface area contributed by atoms with Crippen LogP contribution in [-0.2, 0) is 10.3 Å². The smallest absolute Gasteiger partial charge is 0.496 e. The SMILES string of the molecule is COc1ccccc1-c1cccc[n+]1S(=O)(=O)O. The second-order valence-corrected chi connectivity index (χ2v) is 4.85. The van der Waals surface area contributed by atoms with Gasteiger partial charge in [0.15, 0.2) is 6.20 Å². The van der Waals surface area contributed by atoms with E-state index in [2.05, 4.69) is 0 Å². The highest BCUT2D eigenvalue weighted by atomic mass is 32.2. The third kappa shape index (κ3) is 2.34. The number of para-hydroxylation sites is 1. The molecule has 94 valence electrons. The number of ether oxygens (including phenoxy) is 1. The Hall–Kier alpha value is -1.92. The van der Waals surface area contributed by atoms with Crippen LogP contribution in [0.15, 0.2) is 48.7 Å². The first kappa shape index (κ1) is 12.5. The van der Waals surface area contributed by atoms with Crippen LogP contribution in [0.3, 0.4) is 0 Å². The van der Waals surface area contributed by atoms with Crippen LogP contribution in [-0.4, -0.2) is 20.1 Å². The first-order valence-electron chi connectivity index (χ1n) is 5.16. The first-order valence-corrected chi connectivity index (χ1v) is 6.56. The molecule has 2 rings (SSSR count). The lowest BCUT2D eigenvalue weighted by molar-refractivity contribution is -0.506. The molecule has 0 unspecified atom stereocenters. The van der Waals surface area contributed by atoms with E-state index >= 15 is 0 Å². The quantitative estimate of drug-likeness (QED) is 0.671. The van der Waals surface area contributed by atoms with Crippen molar-refractivity contribution in [3.8, 4) is 17.0 Å². The topological polar surface area (TPSA) is 67.5 Å². The summed E-state index contributed by atoms with van der Waals surface area (Å²) in [5, 5.41) is 0. The van der Waals surface area contributed by atoms with Crippen molar-refractivity contribution in [2.24, 2.45) is 0 Å². The fourth-order valence-corrected chi connectivity index (χ4v) is 2.33. The second-order valence-electron chi connectivity index (χ2n) is 3.56. The van der Waals surface area contributed by atoms with E-state index < -0.39 is 10.3 Å². The molecule has 0 aliphatic rings. The molecule has 0 saturated carbocycles. The zero-order valence-electron chi connectivity index (χ0n) is 9.65.